The maximum atomic E-state index is 10.8. The third kappa shape index (κ3) is 3.52. The molecule has 0 atom stereocenters. The van der Waals surface area contributed by atoms with Crippen LogP contribution in [0.25, 0.3) is 0 Å². The third-order valence-corrected chi connectivity index (χ3v) is 1.67. The van der Waals surface area contributed by atoms with E-state index in [-0.39, 0.29) is 10.1 Å². The van der Waals surface area contributed by atoms with E-state index in [0.717, 1.165) is 0 Å². The van der Waals surface area contributed by atoms with Crippen LogP contribution in [-0.4, -0.2) is 17.9 Å². The molecule has 0 aromatic heterocycles. The lowest BCUT2D eigenvalue weighted by atomic mass is 10.3. The number of halogens is 4. The average Bonchev–Trinajstić information content (AvgIpc) is 1.85. The lowest BCUT2D eigenvalue weighted by Gasteiger charge is -2.04. The van der Waals surface area contributed by atoms with Crippen molar-refractivity contribution in [3.05, 3.63) is 10.1 Å². The smallest absolute Gasteiger partial charge is 0.338 e. The summed E-state index contributed by atoms with van der Waals surface area (Å²) in [7, 11) is 1.18. The van der Waals surface area contributed by atoms with Crippen molar-refractivity contribution in [2.75, 3.05) is 7.11 Å². The van der Waals surface area contributed by atoms with Gasteiger partial charge >= 0.3 is 5.97 Å². The molecule has 0 amide bonds. The van der Waals surface area contributed by atoms with Gasteiger partial charge in [-0.15, -0.1) is 0 Å². The van der Waals surface area contributed by atoms with Crippen LogP contribution in [0.2, 0.25) is 0 Å². The van der Waals surface area contributed by atoms with Crippen LogP contribution in [0.15, 0.2) is 10.1 Å². The van der Waals surface area contributed by atoms with Gasteiger partial charge < -0.3 is 4.74 Å². The molecule has 0 radical (unpaired) electrons. The van der Waals surface area contributed by atoms with Gasteiger partial charge in [0.1, 0.15) is 9.33 Å². The zero-order valence-electron chi connectivity index (χ0n) is 5.41. The molecule has 2 nitrogen and oxygen atoms in total. The Kier molecular flexibility index (Phi) is 5.26. The summed E-state index contributed by atoms with van der Waals surface area (Å²) >= 11 is 21.3. The summed E-state index contributed by atoms with van der Waals surface area (Å²) < 4.78 is 4.02. The van der Waals surface area contributed by atoms with Crippen LogP contribution in [0.4, 0.5) is 0 Å². The van der Waals surface area contributed by atoms with E-state index in [0.29, 0.717) is 0 Å². The van der Waals surface area contributed by atoms with Crippen molar-refractivity contribution in [2.45, 2.75) is 4.84 Å². The summed E-state index contributed by atoms with van der Waals surface area (Å²) in [6, 6.07) is 0. The highest BCUT2D eigenvalue weighted by atomic mass is 35.5. The minimum atomic E-state index is -1.08. The second kappa shape index (κ2) is 5.09. The number of alkyl halides is 2. The van der Waals surface area contributed by atoms with Crippen molar-refractivity contribution < 1.29 is 9.53 Å². The molecule has 0 rings (SSSR count). The van der Waals surface area contributed by atoms with Gasteiger partial charge in [0.05, 0.1) is 12.7 Å². The van der Waals surface area contributed by atoms with Crippen LogP contribution >= 0.6 is 46.4 Å². The Morgan fingerprint density at radius 3 is 1.91 bits per heavy atom. The largest absolute Gasteiger partial charge is 0.466 e. The normalized spacial score (nSPS) is 9.64. The van der Waals surface area contributed by atoms with Gasteiger partial charge in [0.15, 0.2) is 0 Å². The van der Waals surface area contributed by atoms with Gasteiger partial charge in [0.25, 0.3) is 0 Å². The predicted molar refractivity (Wildman–Crippen MR) is 46.2 cm³/mol. The predicted octanol–water partition coefficient (Wildman–Crippen LogP) is 2.65. The molecule has 0 aliphatic heterocycles. The lowest BCUT2D eigenvalue weighted by molar-refractivity contribution is -0.136. The molecule has 6 heteroatoms. The van der Waals surface area contributed by atoms with Crippen molar-refractivity contribution in [3.8, 4) is 0 Å². The summed E-state index contributed by atoms with van der Waals surface area (Å²) in [6.45, 7) is 0. The molecule has 64 valence electrons. The van der Waals surface area contributed by atoms with Crippen LogP contribution in [0.1, 0.15) is 0 Å². The highest BCUT2D eigenvalue weighted by Gasteiger charge is 2.20. The Labute approximate surface area is 84.0 Å². The fourth-order valence-electron chi connectivity index (χ4n) is 0.359. The minimum absolute atomic E-state index is 0.154. The maximum Gasteiger partial charge on any atom is 0.338 e. The maximum absolute atomic E-state index is 10.8. The first-order chi connectivity index (χ1) is 5.00. The molecule has 0 N–H and O–H groups in total. The molecule has 0 saturated carbocycles. The van der Waals surface area contributed by atoms with Gasteiger partial charge in [-0.1, -0.05) is 46.4 Å². The molecule has 0 aromatic rings. The quantitative estimate of drug-likeness (QED) is 0.420. The summed E-state index contributed by atoms with van der Waals surface area (Å²) in [5.41, 5.74) is -0.154. The van der Waals surface area contributed by atoms with Crippen LogP contribution in [0.3, 0.4) is 0 Å². The molecule has 0 unspecified atom stereocenters. The van der Waals surface area contributed by atoms with Crippen molar-refractivity contribution in [1.82, 2.24) is 0 Å². The zero-order chi connectivity index (χ0) is 9.02. The standard InChI is InChI=1S/C5H4Cl4O2/c1-11-5(10)2(3(6)7)4(8)9/h3H,1H3. The molecular formula is C5H4Cl4O2. The van der Waals surface area contributed by atoms with E-state index >= 15 is 0 Å². The average molecular weight is 238 g/mol. The van der Waals surface area contributed by atoms with Gasteiger partial charge in [-0.3, -0.25) is 0 Å². The van der Waals surface area contributed by atoms with E-state index in [1.807, 2.05) is 0 Å². The van der Waals surface area contributed by atoms with Crippen molar-refractivity contribution in [2.24, 2.45) is 0 Å². The van der Waals surface area contributed by atoms with Gasteiger partial charge in [-0.05, 0) is 0 Å². The molecule has 11 heavy (non-hydrogen) atoms. The Morgan fingerprint density at radius 1 is 1.36 bits per heavy atom. The second-order valence-electron chi connectivity index (χ2n) is 1.47. The molecular weight excluding hydrogens is 234 g/mol. The monoisotopic (exact) mass is 236 g/mol. The van der Waals surface area contributed by atoms with Crippen LogP contribution in [0, 0.1) is 0 Å². The van der Waals surface area contributed by atoms with E-state index in [2.05, 4.69) is 4.74 Å². The number of methoxy groups -OCH3 is 1. The summed E-state index contributed by atoms with van der Waals surface area (Å²) in [4.78, 5) is 9.70. The SMILES string of the molecule is COC(=O)C(=C(Cl)Cl)C(Cl)Cl. The van der Waals surface area contributed by atoms with E-state index in [1.54, 1.807) is 0 Å². The molecule has 0 aromatic carbocycles. The number of ether oxygens (including phenoxy) is 1. The molecule has 0 saturated heterocycles. The Balaban J connectivity index is 4.64. The minimum Gasteiger partial charge on any atom is -0.466 e. The van der Waals surface area contributed by atoms with Crippen molar-refractivity contribution in [1.29, 1.82) is 0 Å². The Morgan fingerprint density at radius 2 is 1.82 bits per heavy atom. The van der Waals surface area contributed by atoms with Gasteiger partial charge in [-0.2, -0.15) is 0 Å². The molecule has 0 heterocycles. The molecule has 0 fully saturated rings. The number of carbonyl (C=O) groups excluding carboxylic acids is 1. The summed E-state index contributed by atoms with van der Waals surface area (Å²) in [5.74, 6) is -0.736. The fourth-order valence-corrected chi connectivity index (χ4v) is 1.35. The van der Waals surface area contributed by atoms with Crippen LogP contribution < -0.4 is 0 Å². The summed E-state index contributed by atoms with van der Waals surface area (Å²) in [5, 5.41) is 0. The van der Waals surface area contributed by atoms with E-state index < -0.39 is 10.8 Å². The lowest BCUT2D eigenvalue weighted by Crippen LogP contribution is -2.11. The van der Waals surface area contributed by atoms with Crippen LogP contribution in [0.5, 0.6) is 0 Å². The van der Waals surface area contributed by atoms with Gasteiger partial charge in [0, 0.05) is 0 Å². The fraction of sp³-hybridized carbons (Fsp3) is 0.400. The first-order valence-electron chi connectivity index (χ1n) is 2.42. The Hall–Kier alpha value is 0.370. The van der Waals surface area contributed by atoms with Crippen molar-refractivity contribution >= 4 is 52.4 Å². The highest BCUT2D eigenvalue weighted by Crippen LogP contribution is 2.24. The number of carbonyl (C=O) groups is 1. The van der Waals surface area contributed by atoms with E-state index in [9.17, 15) is 4.79 Å². The number of rotatable bonds is 2. The van der Waals surface area contributed by atoms with Crippen molar-refractivity contribution in [3.63, 3.8) is 0 Å². The number of hydrogen-bond acceptors (Lipinski definition) is 2. The first kappa shape index (κ1) is 11.4. The topological polar surface area (TPSA) is 26.3 Å². The molecule has 0 aliphatic carbocycles. The molecule has 0 bridgehead atoms. The molecule has 0 aliphatic rings. The second-order valence-corrected chi connectivity index (χ2v) is 3.51. The van der Waals surface area contributed by atoms with Crippen LogP contribution in [-0.2, 0) is 9.53 Å². The zero-order valence-corrected chi connectivity index (χ0v) is 8.43. The molecule has 0 spiro atoms. The Bertz CT molecular complexity index is 183. The first-order valence-corrected chi connectivity index (χ1v) is 4.05. The van der Waals surface area contributed by atoms with Gasteiger partial charge in [-0.25, -0.2) is 4.79 Å². The van der Waals surface area contributed by atoms with Gasteiger partial charge in [0.2, 0.25) is 0 Å². The van der Waals surface area contributed by atoms with E-state index in [1.165, 1.54) is 7.11 Å². The number of esters is 1. The summed E-state index contributed by atoms with van der Waals surface area (Å²) in [6.07, 6.45) is 0. The third-order valence-electron chi connectivity index (χ3n) is 0.827. The van der Waals surface area contributed by atoms with E-state index in [4.69, 9.17) is 46.4 Å². The highest BCUT2D eigenvalue weighted by molar-refractivity contribution is 6.59. The number of hydrogen-bond donors (Lipinski definition) is 0.